The second kappa shape index (κ2) is 9.70. The van der Waals surface area contributed by atoms with Gasteiger partial charge in [-0.15, -0.1) is 0 Å². The molecule has 0 saturated carbocycles. The number of ketones is 1. The largest absolute Gasteiger partial charge is 0.507 e. The molecule has 1 heterocycles. The highest BCUT2D eigenvalue weighted by atomic mass is 16.5. The molecule has 1 saturated heterocycles. The lowest BCUT2D eigenvalue weighted by molar-refractivity contribution is -0.139. The summed E-state index contributed by atoms with van der Waals surface area (Å²) in [5.41, 5.74) is 1.92. The molecule has 7 heteroatoms. The number of aliphatic hydroxyl groups is 1. The van der Waals surface area contributed by atoms with Gasteiger partial charge in [-0.3, -0.25) is 9.59 Å². The van der Waals surface area contributed by atoms with Crippen LogP contribution in [0.2, 0.25) is 0 Å². The highest BCUT2D eigenvalue weighted by molar-refractivity contribution is 6.46. The Hall–Kier alpha value is -4.26. The lowest BCUT2D eigenvalue weighted by atomic mass is 9.94. The number of carbonyl (C=O) groups is 2. The van der Waals surface area contributed by atoms with Crippen LogP contribution in [0.4, 0.5) is 0 Å². The molecule has 1 unspecified atom stereocenters. The molecule has 0 aliphatic carbocycles. The molecule has 3 aromatic carbocycles. The SMILES string of the molecule is COc1ccc(C(O)=C2C(=O)C(=O)N(CCc3ccccc3)C2c2ccc(O)c(OC)c2)cc1. The van der Waals surface area contributed by atoms with Crippen molar-refractivity contribution in [3.8, 4) is 17.2 Å². The van der Waals surface area contributed by atoms with E-state index in [1.807, 2.05) is 30.3 Å². The first-order chi connectivity index (χ1) is 16.4. The minimum Gasteiger partial charge on any atom is -0.507 e. The first kappa shape index (κ1) is 22.9. The Morgan fingerprint density at radius 2 is 1.65 bits per heavy atom. The van der Waals surface area contributed by atoms with Gasteiger partial charge in [0.2, 0.25) is 0 Å². The lowest BCUT2D eigenvalue weighted by Gasteiger charge is -2.26. The maximum Gasteiger partial charge on any atom is 0.295 e. The van der Waals surface area contributed by atoms with Crippen LogP contribution in [0, 0.1) is 0 Å². The summed E-state index contributed by atoms with van der Waals surface area (Å²) in [7, 11) is 2.95. The van der Waals surface area contributed by atoms with Crippen molar-refractivity contribution in [2.75, 3.05) is 20.8 Å². The number of benzene rings is 3. The predicted octanol–water partition coefficient (Wildman–Crippen LogP) is 4.07. The van der Waals surface area contributed by atoms with Crippen molar-refractivity contribution in [1.82, 2.24) is 4.90 Å². The number of methoxy groups -OCH3 is 2. The van der Waals surface area contributed by atoms with E-state index < -0.39 is 17.7 Å². The van der Waals surface area contributed by atoms with Crippen LogP contribution in [0.1, 0.15) is 22.7 Å². The summed E-state index contributed by atoms with van der Waals surface area (Å²) >= 11 is 0. The minimum atomic E-state index is -0.847. The van der Waals surface area contributed by atoms with E-state index in [2.05, 4.69) is 0 Å². The van der Waals surface area contributed by atoms with Crippen LogP contribution >= 0.6 is 0 Å². The molecular weight excluding hydrogens is 434 g/mol. The molecule has 174 valence electrons. The number of hydrogen-bond acceptors (Lipinski definition) is 6. The van der Waals surface area contributed by atoms with Crippen LogP contribution in [0.5, 0.6) is 17.2 Å². The number of carbonyl (C=O) groups excluding carboxylic acids is 2. The van der Waals surface area contributed by atoms with Gasteiger partial charge < -0.3 is 24.6 Å². The van der Waals surface area contributed by atoms with Crippen LogP contribution in [0.3, 0.4) is 0 Å². The Bertz CT molecular complexity index is 1230. The number of hydrogen-bond donors (Lipinski definition) is 2. The summed E-state index contributed by atoms with van der Waals surface area (Å²) in [6, 6.07) is 20.0. The molecule has 1 fully saturated rings. The smallest absolute Gasteiger partial charge is 0.295 e. The number of aromatic hydroxyl groups is 1. The third-order valence-corrected chi connectivity index (χ3v) is 5.91. The van der Waals surface area contributed by atoms with Gasteiger partial charge in [0, 0.05) is 12.1 Å². The summed E-state index contributed by atoms with van der Waals surface area (Å²) < 4.78 is 10.4. The van der Waals surface area contributed by atoms with Gasteiger partial charge in [0.05, 0.1) is 25.8 Å². The number of ether oxygens (including phenoxy) is 2. The molecule has 1 atom stereocenters. The van der Waals surface area contributed by atoms with Crippen molar-refractivity contribution in [3.63, 3.8) is 0 Å². The van der Waals surface area contributed by atoms with Crippen molar-refractivity contribution >= 4 is 17.4 Å². The fraction of sp³-hybridized carbons (Fsp3) is 0.185. The molecule has 1 aliphatic heterocycles. The monoisotopic (exact) mass is 459 g/mol. The molecule has 4 rings (SSSR count). The molecule has 0 spiro atoms. The Kier molecular flexibility index (Phi) is 6.54. The quantitative estimate of drug-likeness (QED) is 0.314. The molecule has 0 bridgehead atoms. The molecule has 1 amide bonds. The van der Waals surface area contributed by atoms with E-state index in [1.54, 1.807) is 36.4 Å². The average molecular weight is 459 g/mol. The molecule has 34 heavy (non-hydrogen) atoms. The first-order valence-corrected chi connectivity index (χ1v) is 10.8. The number of likely N-dealkylation sites (tertiary alicyclic amines) is 1. The zero-order chi connectivity index (χ0) is 24.2. The maximum atomic E-state index is 13.2. The molecule has 1 aliphatic rings. The highest BCUT2D eigenvalue weighted by Gasteiger charge is 2.46. The Balaban J connectivity index is 1.81. The number of aliphatic hydroxyl groups excluding tert-OH is 1. The van der Waals surface area contributed by atoms with Crippen LogP contribution in [0.25, 0.3) is 5.76 Å². The van der Waals surface area contributed by atoms with Crippen molar-refractivity contribution in [3.05, 3.63) is 95.1 Å². The topological polar surface area (TPSA) is 96.3 Å². The second-order valence-electron chi connectivity index (χ2n) is 7.89. The highest BCUT2D eigenvalue weighted by Crippen LogP contribution is 2.41. The Labute approximate surface area is 197 Å². The number of Topliss-reactive ketones (excluding diaryl/α,β-unsaturated/α-hetero) is 1. The van der Waals surface area contributed by atoms with E-state index in [9.17, 15) is 19.8 Å². The zero-order valence-electron chi connectivity index (χ0n) is 18.9. The molecule has 0 radical (unpaired) electrons. The van der Waals surface area contributed by atoms with Crippen molar-refractivity contribution in [1.29, 1.82) is 0 Å². The fourth-order valence-electron chi connectivity index (χ4n) is 4.12. The molecule has 7 nitrogen and oxygen atoms in total. The van der Waals surface area contributed by atoms with Crippen LogP contribution < -0.4 is 9.47 Å². The number of phenolic OH excluding ortho intramolecular Hbond substituents is 1. The van der Waals surface area contributed by atoms with Crippen LogP contribution in [0.15, 0.2) is 78.4 Å². The molecular formula is C27H25NO6. The number of nitrogens with zero attached hydrogens (tertiary/aromatic N) is 1. The van der Waals surface area contributed by atoms with Gasteiger partial charge in [-0.25, -0.2) is 0 Å². The van der Waals surface area contributed by atoms with Gasteiger partial charge in [-0.05, 0) is 53.9 Å². The van der Waals surface area contributed by atoms with Crippen molar-refractivity contribution in [2.24, 2.45) is 0 Å². The summed E-state index contributed by atoms with van der Waals surface area (Å²) in [4.78, 5) is 27.7. The standard InChI is InChI=1S/C27H25NO6/c1-33-20-11-8-18(9-12-20)25(30)23-24(19-10-13-21(29)22(16-19)34-2)28(27(32)26(23)31)15-14-17-6-4-3-5-7-17/h3-13,16,24,29-30H,14-15H2,1-2H3. The average Bonchev–Trinajstić information content (AvgIpc) is 3.13. The number of rotatable bonds is 7. The minimum absolute atomic E-state index is 0.0176. The summed E-state index contributed by atoms with van der Waals surface area (Å²) in [6.45, 7) is 0.266. The Morgan fingerprint density at radius 3 is 2.29 bits per heavy atom. The summed E-state index contributed by atoms with van der Waals surface area (Å²) in [5.74, 6) is -1.00. The summed E-state index contributed by atoms with van der Waals surface area (Å²) in [6.07, 6.45) is 0.530. The first-order valence-electron chi connectivity index (χ1n) is 10.8. The number of amides is 1. The fourth-order valence-corrected chi connectivity index (χ4v) is 4.12. The summed E-state index contributed by atoms with van der Waals surface area (Å²) in [5, 5.41) is 21.2. The van der Waals surface area contributed by atoms with Crippen molar-refractivity contribution < 1.29 is 29.3 Å². The number of phenols is 1. The van der Waals surface area contributed by atoms with E-state index in [4.69, 9.17) is 9.47 Å². The van der Waals surface area contributed by atoms with Crippen molar-refractivity contribution in [2.45, 2.75) is 12.5 Å². The zero-order valence-corrected chi connectivity index (χ0v) is 18.9. The van der Waals surface area contributed by atoms with Gasteiger partial charge in [0.1, 0.15) is 11.5 Å². The Morgan fingerprint density at radius 1 is 0.941 bits per heavy atom. The van der Waals surface area contributed by atoms with E-state index in [1.165, 1.54) is 25.2 Å². The van der Waals surface area contributed by atoms with Gasteiger partial charge in [0.25, 0.3) is 11.7 Å². The maximum absolute atomic E-state index is 13.2. The van der Waals surface area contributed by atoms with Gasteiger partial charge in [0.15, 0.2) is 11.5 Å². The normalized spacial score (nSPS) is 17.1. The van der Waals surface area contributed by atoms with Crippen LogP contribution in [-0.4, -0.2) is 47.6 Å². The van der Waals surface area contributed by atoms with Gasteiger partial charge >= 0.3 is 0 Å². The van der Waals surface area contributed by atoms with E-state index in [0.717, 1.165) is 5.56 Å². The van der Waals surface area contributed by atoms with Crippen LogP contribution in [-0.2, 0) is 16.0 Å². The van der Waals surface area contributed by atoms with Gasteiger partial charge in [-0.1, -0.05) is 36.4 Å². The molecule has 3 aromatic rings. The van der Waals surface area contributed by atoms with Gasteiger partial charge in [-0.2, -0.15) is 0 Å². The van der Waals surface area contributed by atoms with E-state index in [-0.39, 0.29) is 29.4 Å². The third-order valence-electron chi connectivity index (χ3n) is 5.91. The van der Waals surface area contributed by atoms with E-state index >= 15 is 0 Å². The second-order valence-corrected chi connectivity index (χ2v) is 7.89. The molecule has 0 aromatic heterocycles. The third kappa shape index (κ3) is 4.32. The van der Waals surface area contributed by atoms with E-state index in [0.29, 0.717) is 23.3 Å². The lowest BCUT2D eigenvalue weighted by Crippen LogP contribution is -2.31. The predicted molar refractivity (Wildman–Crippen MR) is 127 cm³/mol. The molecule has 2 N–H and O–H groups in total.